The van der Waals surface area contributed by atoms with E-state index in [1.54, 1.807) is 17.0 Å². The Morgan fingerprint density at radius 2 is 2.39 bits per heavy atom. The molecular weight excluding hydrogens is 230 g/mol. The van der Waals surface area contributed by atoms with Gasteiger partial charge in [0.15, 0.2) is 5.69 Å². The summed E-state index contributed by atoms with van der Waals surface area (Å²) in [6.45, 7) is 10.0. The summed E-state index contributed by atoms with van der Waals surface area (Å²) in [6, 6.07) is 5.36. The number of cyclic esters (lactones) is 1. The van der Waals surface area contributed by atoms with E-state index in [0.717, 1.165) is 11.3 Å². The minimum absolute atomic E-state index is 0.122. The second kappa shape index (κ2) is 5.07. The number of nitrogens with one attached hydrogen (secondary N) is 1. The van der Waals surface area contributed by atoms with E-state index < -0.39 is 0 Å². The van der Waals surface area contributed by atoms with Gasteiger partial charge in [-0.15, -0.1) is 0 Å². The molecule has 0 saturated carbocycles. The van der Waals surface area contributed by atoms with Gasteiger partial charge in [-0.1, -0.05) is 6.07 Å². The predicted molar refractivity (Wildman–Crippen MR) is 69.0 cm³/mol. The maximum atomic E-state index is 11.7. The number of anilines is 1. The van der Waals surface area contributed by atoms with Crippen LogP contribution in [-0.4, -0.2) is 32.3 Å². The zero-order valence-electron chi connectivity index (χ0n) is 10.4. The van der Waals surface area contributed by atoms with Crippen LogP contribution in [-0.2, 0) is 4.74 Å². The van der Waals surface area contributed by atoms with Crippen molar-refractivity contribution < 1.29 is 9.53 Å². The number of carbonyl (C=O) groups excluding carboxylic acids is 1. The van der Waals surface area contributed by atoms with Crippen LogP contribution in [0.25, 0.3) is 4.85 Å². The van der Waals surface area contributed by atoms with Gasteiger partial charge < -0.3 is 10.1 Å². The zero-order chi connectivity index (χ0) is 13.1. The first-order valence-corrected chi connectivity index (χ1v) is 5.76. The molecule has 0 aromatic heterocycles. The molecule has 0 aliphatic carbocycles. The van der Waals surface area contributed by atoms with E-state index >= 15 is 0 Å². The maximum absolute atomic E-state index is 11.7. The third kappa shape index (κ3) is 2.29. The van der Waals surface area contributed by atoms with E-state index in [4.69, 9.17) is 11.3 Å². The smallest absolute Gasteiger partial charge is 0.414 e. The lowest BCUT2D eigenvalue weighted by Crippen LogP contribution is -2.29. The first kappa shape index (κ1) is 12.4. The molecule has 0 unspecified atom stereocenters. The molecule has 94 valence electrons. The molecule has 0 spiro atoms. The Morgan fingerprint density at radius 1 is 1.61 bits per heavy atom. The van der Waals surface area contributed by atoms with Crippen molar-refractivity contribution in [3.8, 4) is 0 Å². The van der Waals surface area contributed by atoms with Crippen LogP contribution in [0.15, 0.2) is 18.2 Å². The normalized spacial score (nSPS) is 18.6. The molecule has 1 aromatic rings. The van der Waals surface area contributed by atoms with E-state index in [1.165, 1.54) is 0 Å². The summed E-state index contributed by atoms with van der Waals surface area (Å²) >= 11 is 0. The summed E-state index contributed by atoms with van der Waals surface area (Å²) in [5.41, 5.74) is 2.26. The molecule has 0 bridgehead atoms. The summed E-state index contributed by atoms with van der Waals surface area (Å²) in [4.78, 5) is 16.7. The third-order valence-corrected chi connectivity index (χ3v) is 2.92. The van der Waals surface area contributed by atoms with Crippen molar-refractivity contribution in [3.05, 3.63) is 35.2 Å². The molecule has 1 amide bonds. The van der Waals surface area contributed by atoms with Crippen molar-refractivity contribution >= 4 is 17.5 Å². The lowest BCUT2D eigenvalue weighted by atomic mass is 10.1. The number of hydrogen-bond acceptors (Lipinski definition) is 3. The summed E-state index contributed by atoms with van der Waals surface area (Å²) in [5, 5.41) is 2.99. The lowest BCUT2D eigenvalue weighted by Gasteiger charge is -2.14. The molecule has 1 aliphatic heterocycles. The van der Waals surface area contributed by atoms with Crippen molar-refractivity contribution in [1.82, 2.24) is 5.32 Å². The highest BCUT2D eigenvalue weighted by molar-refractivity contribution is 5.90. The van der Waals surface area contributed by atoms with Gasteiger partial charge in [-0.25, -0.2) is 9.64 Å². The van der Waals surface area contributed by atoms with Gasteiger partial charge in [-0.2, -0.15) is 0 Å². The fourth-order valence-electron chi connectivity index (χ4n) is 2.00. The Morgan fingerprint density at radius 3 is 3.00 bits per heavy atom. The molecule has 1 atom stereocenters. The van der Waals surface area contributed by atoms with Gasteiger partial charge >= 0.3 is 6.09 Å². The molecule has 5 nitrogen and oxygen atoms in total. The zero-order valence-corrected chi connectivity index (χ0v) is 10.4. The Bertz CT molecular complexity index is 507. The topological polar surface area (TPSA) is 45.9 Å². The van der Waals surface area contributed by atoms with E-state index in [2.05, 4.69) is 10.2 Å². The van der Waals surface area contributed by atoms with Crippen LogP contribution < -0.4 is 10.2 Å². The first-order valence-electron chi connectivity index (χ1n) is 5.76. The number of carbonyl (C=O) groups is 1. The number of ether oxygens (including phenoxy) is 1. The Hall–Kier alpha value is -2.06. The van der Waals surface area contributed by atoms with Crippen molar-refractivity contribution in [2.24, 2.45) is 0 Å². The predicted octanol–water partition coefficient (Wildman–Crippen LogP) is 2.09. The van der Waals surface area contributed by atoms with Crippen LogP contribution in [0, 0.1) is 13.5 Å². The van der Waals surface area contributed by atoms with E-state index in [0.29, 0.717) is 18.8 Å². The van der Waals surface area contributed by atoms with Gasteiger partial charge in [-0.05, 0) is 31.7 Å². The highest BCUT2D eigenvalue weighted by Gasteiger charge is 2.31. The molecule has 1 N–H and O–H groups in total. The van der Waals surface area contributed by atoms with Gasteiger partial charge in [0.2, 0.25) is 0 Å². The van der Waals surface area contributed by atoms with Crippen molar-refractivity contribution in [3.63, 3.8) is 0 Å². The molecular formula is C13H15N3O2. The minimum Gasteiger partial charge on any atom is -0.443 e. The second-order valence-corrected chi connectivity index (χ2v) is 4.26. The van der Waals surface area contributed by atoms with E-state index in [9.17, 15) is 4.79 Å². The van der Waals surface area contributed by atoms with E-state index in [-0.39, 0.29) is 12.2 Å². The molecule has 1 saturated heterocycles. The summed E-state index contributed by atoms with van der Waals surface area (Å²) in [7, 11) is 1.82. The highest BCUT2D eigenvalue weighted by atomic mass is 16.6. The average molecular weight is 245 g/mol. The van der Waals surface area contributed by atoms with Crippen molar-refractivity contribution in [1.29, 1.82) is 0 Å². The maximum Gasteiger partial charge on any atom is 0.414 e. The van der Waals surface area contributed by atoms with E-state index in [1.807, 2.05) is 20.0 Å². The third-order valence-electron chi connectivity index (χ3n) is 2.92. The van der Waals surface area contributed by atoms with Crippen LogP contribution in [0.2, 0.25) is 0 Å². The van der Waals surface area contributed by atoms with Crippen LogP contribution in [0.1, 0.15) is 5.56 Å². The largest absolute Gasteiger partial charge is 0.443 e. The molecule has 1 aromatic carbocycles. The SMILES string of the molecule is [C-]#[N+]c1ccc(N2C[C@H](CNC)OC2=O)cc1C. The molecule has 2 rings (SSSR count). The van der Waals surface area contributed by atoms with Gasteiger partial charge in [0, 0.05) is 12.2 Å². The molecule has 1 heterocycles. The quantitative estimate of drug-likeness (QED) is 0.829. The summed E-state index contributed by atoms with van der Waals surface area (Å²) in [6.07, 6.45) is -0.450. The molecule has 0 radical (unpaired) electrons. The standard InChI is InChI=1S/C13H15N3O2/c1-9-6-10(4-5-12(9)15-3)16-8-11(7-14-2)18-13(16)17/h4-6,11,14H,7-8H2,1-2H3/t11-/m0/s1. The van der Waals surface area contributed by atoms with Gasteiger partial charge in [0.1, 0.15) is 6.10 Å². The monoisotopic (exact) mass is 245 g/mol. The fourth-order valence-corrected chi connectivity index (χ4v) is 2.00. The van der Waals surface area contributed by atoms with Crippen LogP contribution >= 0.6 is 0 Å². The minimum atomic E-state index is -0.329. The van der Waals surface area contributed by atoms with Crippen molar-refractivity contribution in [2.75, 3.05) is 25.0 Å². The number of rotatable bonds is 3. The molecule has 1 fully saturated rings. The van der Waals surface area contributed by atoms with Crippen LogP contribution in [0.5, 0.6) is 0 Å². The molecule has 5 heteroatoms. The summed E-state index contributed by atoms with van der Waals surface area (Å²) in [5.74, 6) is 0. The van der Waals surface area contributed by atoms with Crippen LogP contribution in [0.4, 0.5) is 16.2 Å². The fraction of sp³-hybridized carbons (Fsp3) is 0.385. The number of hydrogen-bond donors (Lipinski definition) is 1. The van der Waals surface area contributed by atoms with Crippen LogP contribution in [0.3, 0.4) is 0 Å². The highest BCUT2D eigenvalue weighted by Crippen LogP contribution is 2.27. The summed E-state index contributed by atoms with van der Waals surface area (Å²) < 4.78 is 5.23. The molecule has 1 aliphatic rings. The Balaban J connectivity index is 2.20. The van der Waals surface area contributed by atoms with Gasteiger partial charge in [0.25, 0.3) is 0 Å². The van der Waals surface area contributed by atoms with Gasteiger partial charge in [-0.3, -0.25) is 4.90 Å². The number of likely N-dealkylation sites (N-methyl/N-ethyl adjacent to an activating group) is 1. The lowest BCUT2D eigenvalue weighted by molar-refractivity contribution is 0.141. The molecule has 18 heavy (non-hydrogen) atoms. The average Bonchev–Trinajstić information content (AvgIpc) is 2.71. The number of nitrogens with zero attached hydrogens (tertiary/aromatic N) is 2. The first-order chi connectivity index (χ1) is 8.65. The Kier molecular flexibility index (Phi) is 3.49. The number of aryl methyl sites for hydroxylation is 1. The number of amides is 1. The van der Waals surface area contributed by atoms with Gasteiger partial charge in [0.05, 0.1) is 13.1 Å². The van der Waals surface area contributed by atoms with Crippen molar-refractivity contribution in [2.45, 2.75) is 13.0 Å². The second-order valence-electron chi connectivity index (χ2n) is 4.26. The Labute approximate surface area is 106 Å². The number of benzene rings is 1.